The molecule has 0 aromatic heterocycles. The van der Waals surface area contributed by atoms with Gasteiger partial charge in [0, 0.05) is 24.5 Å². The Balaban J connectivity index is 1.91. The van der Waals surface area contributed by atoms with E-state index in [0.29, 0.717) is 0 Å². The van der Waals surface area contributed by atoms with Gasteiger partial charge in [-0.25, -0.2) is 0 Å². The third-order valence-electron chi connectivity index (χ3n) is 3.70. The Labute approximate surface area is 108 Å². The van der Waals surface area contributed by atoms with Crippen molar-refractivity contribution >= 4 is 11.4 Å². The monoisotopic (exact) mass is 238 g/mol. The molecule has 0 atom stereocenters. The number of benzene rings is 2. The van der Waals surface area contributed by atoms with E-state index in [9.17, 15) is 0 Å². The molecule has 18 heavy (non-hydrogen) atoms. The molecule has 2 aromatic rings. The van der Waals surface area contributed by atoms with Gasteiger partial charge in [-0.15, -0.1) is 0 Å². The first-order valence-corrected chi connectivity index (χ1v) is 6.48. The van der Waals surface area contributed by atoms with Gasteiger partial charge in [0.1, 0.15) is 0 Å². The van der Waals surface area contributed by atoms with Crippen LogP contribution in [-0.4, -0.2) is 0 Å². The van der Waals surface area contributed by atoms with Crippen LogP contribution in [0.15, 0.2) is 42.5 Å². The molecule has 0 unspecified atom stereocenters. The summed E-state index contributed by atoms with van der Waals surface area (Å²) < 4.78 is 0. The van der Waals surface area contributed by atoms with E-state index >= 15 is 0 Å². The molecule has 2 heteroatoms. The van der Waals surface area contributed by atoms with Gasteiger partial charge in [-0.3, -0.25) is 0 Å². The van der Waals surface area contributed by atoms with Crippen LogP contribution in [-0.2, 0) is 19.5 Å². The molecular formula is C16H18N2. The second kappa shape index (κ2) is 4.37. The quantitative estimate of drug-likeness (QED) is 0.813. The van der Waals surface area contributed by atoms with Crippen molar-refractivity contribution in [3.63, 3.8) is 0 Å². The van der Waals surface area contributed by atoms with Crippen molar-refractivity contribution in [1.82, 2.24) is 0 Å². The molecule has 3 rings (SSSR count). The third kappa shape index (κ3) is 1.84. The molecule has 1 aliphatic heterocycles. The molecule has 0 fully saturated rings. The van der Waals surface area contributed by atoms with E-state index in [1.807, 2.05) is 12.1 Å². The lowest BCUT2D eigenvalue weighted by Crippen LogP contribution is -2.14. The van der Waals surface area contributed by atoms with Crippen LogP contribution in [0.4, 0.5) is 11.4 Å². The van der Waals surface area contributed by atoms with Crippen molar-refractivity contribution in [3.8, 4) is 0 Å². The van der Waals surface area contributed by atoms with Crippen LogP contribution in [0, 0.1) is 0 Å². The van der Waals surface area contributed by atoms with Gasteiger partial charge in [0.2, 0.25) is 0 Å². The summed E-state index contributed by atoms with van der Waals surface area (Å²) >= 11 is 0. The van der Waals surface area contributed by atoms with Crippen LogP contribution in [0.5, 0.6) is 0 Å². The lowest BCUT2D eigenvalue weighted by Gasteiger charge is -2.18. The molecule has 0 spiro atoms. The Bertz CT molecular complexity index is 575. The van der Waals surface area contributed by atoms with Crippen LogP contribution < -0.4 is 10.6 Å². The van der Waals surface area contributed by atoms with E-state index in [-0.39, 0.29) is 0 Å². The fourth-order valence-electron chi connectivity index (χ4n) is 2.60. The summed E-state index contributed by atoms with van der Waals surface area (Å²) in [6.45, 7) is 4.08. The Hall–Kier alpha value is -1.96. The van der Waals surface area contributed by atoms with E-state index in [0.717, 1.165) is 25.2 Å². The highest BCUT2D eigenvalue weighted by atomic mass is 15.1. The SMILES string of the molecule is CCc1cccc(N2Cc3cccc(N)c3C2)c1. The number of aryl methyl sites for hydroxylation is 1. The zero-order valence-corrected chi connectivity index (χ0v) is 10.7. The van der Waals surface area contributed by atoms with E-state index in [2.05, 4.69) is 42.2 Å². The average Bonchev–Trinajstić information content (AvgIpc) is 2.84. The summed E-state index contributed by atoms with van der Waals surface area (Å²) in [6, 6.07) is 15.0. The summed E-state index contributed by atoms with van der Waals surface area (Å²) in [6.07, 6.45) is 1.08. The number of anilines is 2. The molecule has 0 saturated carbocycles. The van der Waals surface area contributed by atoms with E-state index in [1.54, 1.807) is 0 Å². The van der Waals surface area contributed by atoms with Crippen molar-refractivity contribution in [2.75, 3.05) is 10.6 Å². The van der Waals surface area contributed by atoms with Crippen LogP contribution in [0.3, 0.4) is 0 Å². The molecule has 2 nitrogen and oxygen atoms in total. The molecule has 1 aliphatic rings. The maximum absolute atomic E-state index is 6.04. The number of hydrogen-bond donors (Lipinski definition) is 1. The standard InChI is InChI=1S/C16H18N2/c1-2-12-5-3-7-14(9-12)18-10-13-6-4-8-16(17)15(13)11-18/h3-9H,2,10-11,17H2,1H3. The maximum atomic E-state index is 6.04. The van der Waals surface area contributed by atoms with Crippen LogP contribution >= 0.6 is 0 Å². The summed E-state index contributed by atoms with van der Waals surface area (Å²) in [5, 5.41) is 0. The van der Waals surface area contributed by atoms with Crippen LogP contribution in [0.1, 0.15) is 23.6 Å². The van der Waals surface area contributed by atoms with E-state index in [1.165, 1.54) is 22.4 Å². The van der Waals surface area contributed by atoms with Crippen molar-refractivity contribution < 1.29 is 0 Å². The Morgan fingerprint density at radius 1 is 1.11 bits per heavy atom. The van der Waals surface area contributed by atoms with Crippen molar-refractivity contribution in [3.05, 3.63) is 59.2 Å². The molecule has 2 N–H and O–H groups in total. The number of fused-ring (bicyclic) bond motifs is 1. The molecule has 0 saturated heterocycles. The first kappa shape index (κ1) is 11.1. The molecule has 0 amide bonds. The van der Waals surface area contributed by atoms with Crippen molar-refractivity contribution in [1.29, 1.82) is 0 Å². The highest BCUT2D eigenvalue weighted by molar-refractivity contribution is 5.60. The number of nitrogens with zero attached hydrogens (tertiary/aromatic N) is 1. The molecule has 92 valence electrons. The molecule has 1 heterocycles. The third-order valence-corrected chi connectivity index (χ3v) is 3.70. The Morgan fingerprint density at radius 2 is 1.94 bits per heavy atom. The molecular weight excluding hydrogens is 220 g/mol. The van der Waals surface area contributed by atoms with Gasteiger partial charge in [-0.05, 0) is 41.3 Å². The minimum atomic E-state index is 0.918. The number of nitrogens with two attached hydrogens (primary N) is 1. The normalized spacial score (nSPS) is 13.7. The van der Waals surface area contributed by atoms with Crippen molar-refractivity contribution in [2.45, 2.75) is 26.4 Å². The van der Waals surface area contributed by atoms with Gasteiger partial charge in [0.15, 0.2) is 0 Å². The van der Waals surface area contributed by atoms with Crippen LogP contribution in [0.25, 0.3) is 0 Å². The largest absolute Gasteiger partial charge is 0.398 e. The second-order valence-corrected chi connectivity index (χ2v) is 4.86. The van der Waals surface area contributed by atoms with Crippen LogP contribution in [0.2, 0.25) is 0 Å². The van der Waals surface area contributed by atoms with Gasteiger partial charge in [0.05, 0.1) is 0 Å². The smallest absolute Gasteiger partial charge is 0.0457 e. The number of hydrogen-bond acceptors (Lipinski definition) is 2. The summed E-state index contributed by atoms with van der Waals surface area (Å²) in [7, 11) is 0. The summed E-state index contributed by atoms with van der Waals surface area (Å²) in [5.74, 6) is 0. The van der Waals surface area contributed by atoms with E-state index in [4.69, 9.17) is 5.73 Å². The number of nitrogen functional groups attached to an aromatic ring is 1. The molecule has 0 bridgehead atoms. The summed E-state index contributed by atoms with van der Waals surface area (Å²) in [5.41, 5.74) is 12.3. The predicted molar refractivity (Wildman–Crippen MR) is 76.6 cm³/mol. The van der Waals surface area contributed by atoms with Gasteiger partial charge in [0.25, 0.3) is 0 Å². The first-order chi connectivity index (χ1) is 8.78. The minimum Gasteiger partial charge on any atom is -0.398 e. The second-order valence-electron chi connectivity index (χ2n) is 4.86. The number of rotatable bonds is 2. The fraction of sp³-hybridized carbons (Fsp3) is 0.250. The van der Waals surface area contributed by atoms with Crippen molar-refractivity contribution in [2.24, 2.45) is 0 Å². The summed E-state index contributed by atoms with van der Waals surface area (Å²) in [4.78, 5) is 2.39. The predicted octanol–water partition coefficient (Wildman–Crippen LogP) is 3.35. The zero-order chi connectivity index (χ0) is 12.5. The lowest BCUT2D eigenvalue weighted by molar-refractivity contribution is 0.879. The fourth-order valence-corrected chi connectivity index (χ4v) is 2.60. The Kier molecular flexibility index (Phi) is 2.71. The van der Waals surface area contributed by atoms with Gasteiger partial charge >= 0.3 is 0 Å². The maximum Gasteiger partial charge on any atom is 0.0457 e. The first-order valence-electron chi connectivity index (χ1n) is 6.48. The minimum absolute atomic E-state index is 0.918. The Morgan fingerprint density at radius 3 is 2.72 bits per heavy atom. The van der Waals surface area contributed by atoms with Gasteiger partial charge < -0.3 is 10.6 Å². The van der Waals surface area contributed by atoms with Gasteiger partial charge in [-0.1, -0.05) is 31.2 Å². The zero-order valence-electron chi connectivity index (χ0n) is 10.7. The molecule has 0 radical (unpaired) electrons. The van der Waals surface area contributed by atoms with Gasteiger partial charge in [-0.2, -0.15) is 0 Å². The highest BCUT2D eigenvalue weighted by Crippen LogP contribution is 2.31. The topological polar surface area (TPSA) is 29.3 Å². The molecule has 2 aromatic carbocycles. The average molecular weight is 238 g/mol. The molecule has 0 aliphatic carbocycles. The lowest BCUT2D eigenvalue weighted by atomic mass is 10.1. The highest BCUT2D eigenvalue weighted by Gasteiger charge is 2.20. The van der Waals surface area contributed by atoms with E-state index < -0.39 is 0 Å².